The lowest BCUT2D eigenvalue weighted by molar-refractivity contribution is -0.130. The van der Waals surface area contributed by atoms with Crippen molar-refractivity contribution >= 4 is 23.4 Å². The Morgan fingerprint density at radius 3 is 2.58 bits per heavy atom. The average Bonchev–Trinajstić information content (AvgIpc) is 2.72. The number of para-hydroxylation sites is 2. The van der Waals surface area contributed by atoms with Gasteiger partial charge in [0.15, 0.2) is 11.5 Å². The smallest absolute Gasteiger partial charge is 0.264 e. The summed E-state index contributed by atoms with van der Waals surface area (Å²) in [6.45, 7) is 2.91. The number of carbonyl (C=O) groups excluding carboxylic acids is 1. The van der Waals surface area contributed by atoms with Gasteiger partial charge in [0.05, 0.1) is 0 Å². The molecule has 1 amide bonds. The van der Waals surface area contributed by atoms with Gasteiger partial charge in [-0.3, -0.25) is 4.79 Å². The van der Waals surface area contributed by atoms with Crippen LogP contribution in [0, 0.1) is 0 Å². The Balaban J connectivity index is 1.30. The molecule has 2 aromatic rings. The molecular weight excluding hydrogens is 348 g/mol. The maximum atomic E-state index is 12.4. The summed E-state index contributed by atoms with van der Waals surface area (Å²) >= 11 is 2.01. The van der Waals surface area contributed by atoms with Crippen molar-refractivity contribution in [1.29, 1.82) is 0 Å². The molecule has 0 unspecified atom stereocenters. The highest BCUT2D eigenvalue weighted by Gasteiger charge is 2.26. The van der Waals surface area contributed by atoms with Crippen molar-refractivity contribution in [2.24, 2.45) is 0 Å². The number of anilines is 1. The molecule has 2 aromatic carbocycles. The average molecular weight is 370 g/mol. The summed E-state index contributed by atoms with van der Waals surface area (Å²) < 4.78 is 11.3. The van der Waals surface area contributed by atoms with E-state index in [1.807, 2.05) is 36.0 Å². The van der Waals surface area contributed by atoms with E-state index in [4.69, 9.17) is 9.47 Å². The third-order valence-electron chi connectivity index (χ3n) is 4.58. The lowest BCUT2D eigenvalue weighted by Gasteiger charge is -2.28. The fraction of sp³-hybridized carbons (Fsp3) is 0.350. The summed E-state index contributed by atoms with van der Waals surface area (Å²) in [6, 6.07) is 15.8. The quantitative estimate of drug-likeness (QED) is 0.897. The van der Waals surface area contributed by atoms with Gasteiger partial charge in [-0.05, 0) is 29.8 Å². The zero-order valence-electron chi connectivity index (χ0n) is 14.5. The molecule has 1 atom stereocenters. The van der Waals surface area contributed by atoms with Crippen molar-refractivity contribution in [3.8, 4) is 11.5 Å². The van der Waals surface area contributed by atoms with E-state index >= 15 is 0 Å². The molecule has 1 saturated heterocycles. The lowest BCUT2D eigenvalue weighted by atomic mass is 10.2. The van der Waals surface area contributed by atoms with Gasteiger partial charge in [-0.1, -0.05) is 24.3 Å². The number of amides is 1. The number of benzene rings is 2. The number of fused-ring (bicyclic) bond motifs is 1. The molecule has 0 saturated carbocycles. The standard InChI is InChI=1S/C20H22N2O3S/c23-20(19-14-24-17-3-1-2-4-18(17)25-19)21-13-15-5-7-16(8-6-15)22-9-11-26-12-10-22/h1-8,19H,9-14H2,(H,21,23)/t19-/m1/s1. The Morgan fingerprint density at radius 2 is 1.81 bits per heavy atom. The number of rotatable bonds is 4. The van der Waals surface area contributed by atoms with Gasteiger partial charge in [-0.15, -0.1) is 0 Å². The number of carbonyl (C=O) groups is 1. The topological polar surface area (TPSA) is 50.8 Å². The first-order valence-corrected chi connectivity index (χ1v) is 10.0. The Morgan fingerprint density at radius 1 is 1.08 bits per heavy atom. The highest BCUT2D eigenvalue weighted by Crippen LogP contribution is 2.30. The van der Waals surface area contributed by atoms with E-state index in [9.17, 15) is 4.79 Å². The van der Waals surface area contributed by atoms with E-state index in [1.54, 1.807) is 0 Å². The molecule has 136 valence electrons. The maximum Gasteiger partial charge on any atom is 0.264 e. The SMILES string of the molecule is O=C(NCc1ccc(N2CCSCC2)cc1)[C@H]1COc2ccccc2O1. The maximum absolute atomic E-state index is 12.4. The lowest BCUT2D eigenvalue weighted by Crippen LogP contribution is -2.43. The van der Waals surface area contributed by atoms with E-state index in [0.29, 0.717) is 18.0 Å². The zero-order chi connectivity index (χ0) is 17.8. The molecule has 2 aliphatic rings. The molecule has 2 aliphatic heterocycles. The fourth-order valence-electron chi connectivity index (χ4n) is 3.10. The molecule has 26 heavy (non-hydrogen) atoms. The first-order chi connectivity index (χ1) is 12.8. The van der Waals surface area contributed by atoms with Gasteiger partial charge in [-0.2, -0.15) is 11.8 Å². The second kappa shape index (κ2) is 7.91. The molecule has 0 spiro atoms. The summed E-state index contributed by atoms with van der Waals surface area (Å²) in [5.74, 6) is 3.51. The van der Waals surface area contributed by atoms with E-state index in [2.05, 4.69) is 34.5 Å². The van der Waals surface area contributed by atoms with Crippen molar-refractivity contribution in [2.75, 3.05) is 36.1 Å². The minimum atomic E-state index is -0.616. The van der Waals surface area contributed by atoms with Crippen molar-refractivity contribution in [2.45, 2.75) is 12.6 Å². The molecule has 1 fully saturated rings. The highest BCUT2D eigenvalue weighted by molar-refractivity contribution is 7.99. The van der Waals surface area contributed by atoms with Gasteiger partial charge >= 0.3 is 0 Å². The van der Waals surface area contributed by atoms with Crippen LogP contribution in [-0.2, 0) is 11.3 Å². The molecule has 2 heterocycles. The normalized spacial score (nSPS) is 19.1. The van der Waals surface area contributed by atoms with Gasteiger partial charge in [0, 0.05) is 36.8 Å². The van der Waals surface area contributed by atoms with Gasteiger partial charge in [0.1, 0.15) is 6.61 Å². The third-order valence-corrected chi connectivity index (χ3v) is 5.52. The number of hydrogen-bond acceptors (Lipinski definition) is 5. The van der Waals surface area contributed by atoms with Crippen LogP contribution >= 0.6 is 11.8 Å². The molecule has 5 nitrogen and oxygen atoms in total. The van der Waals surface area contributed by atoms with Crippen LogP contribution < -0.4 is 19.7 Å². The summed E-state index contributed by atoms with van der Waals surface area (Å²) in [6.07, 6.45) is -0.616. The van der Waals surface area contributed by atoms with E-state index in [1.165, 1.54) is 17.2 Å². The van der Waals surface area contributed by atoms with Crippen LogP contribution in [0.4, 0.5) is 5.69 Å². The molecule has 1 N–H and O–H groups in total. The first-order valence-electron chi connectivity index (χ1n) is 8.87. The molecular formula is C20H22N2O3S. The molecule has 0 bridgehead atoms. The van der Waals surface area contributed by atoms with Gasteiger partial charge in [0.2, 0.25) is 6.10 Å². The number of ether oxygens (including phenoxy) is 2. The minimum Gasteiger partial charge on any atom is -0.485 e. The molecule has 4 rings (SSSR count). The fourth-order valence-corrected chi connectivity index (χ4v) is 4.00. The van der Waals surface area contributed by atoms with E-state index in [0.717, 1.165) is 18.7 Å². The Labute approximate surface area is 157 Å². The summed E-state index contributed by atoms with van der Waals surface area (Å²) in [4.78, 5) is 14.8. The molecule has 6 heteroatoms. The Bertz CT molecular complexity index is 760. The second-order valence-electron chi connectivity index (χ2n) is 6.35. The monoisotopic (exact) mass is 370 g/mol. The van der Waals surface area contributed by atoms with Crippen LogP contribution in [0.25, 0.3) is 0 Å². The Hall–Kier alpha value is -2.34. The van der Waals surface area contributed by atoms with Crippen LogP contribution in [-0.4, -0.2) is 43.2 Å². The van der Waals surface area contributed by atoms with Crippen LogP contribution in [0.15, 0.2) is 48.5 Å². The second-order valence-corrected chi connectivity index (χ2v) is 7.57. The summed E-state index contributed by atoms with van der Waals surface area (Å²) in [7, 11) is 0. The van der Waals surface area contributed by atoms with Crippen molar-refractivity contribution in [3.05, 3.63) is 54.1 Å². The van der Waals surface area contributed by atoms with Crippen LogP contribution in [0.3, 0.4) is 0 Å². The van der Waals surface area contributed by atoms with Crippen LogP contribution in [0.1, 0.15) is 5.56 Å². The zero-order valence-corrected chi connectivity index (χ0v) is 15.3. The third kappa shape index (κ3) is 3.90. The van der Waals surface area contributed by atoms with Crippen LogP contribution in [0.2, 0.25) is 0 Å². The molecule has 0 aliphatic carbocycles. The van der Waals surface area contributed by atoms with Gasteiger partial charge in [-0.25, -0.2) is 0 Å². The van der Waals surface area contributed by atoms with Crippen molar-refractivity contribution in [1.82, 2.24) is 5.32 Å². The number of nitrogens with one attached hydrogen (secondary N) is 1. The minimum absolute atomic E-state index is 0.156. The number of thioether (sulfide) groups is 1. The Kier molecular flexibility index (Phi) is 5.20. The van der Waals surface area contributed by atoms with E-state index < -0.39 is 6.10 Å². The number of hydrogen-bond donors (Lipinski definition) is 1. The predicted octanol–water partition coefficient (Wildman–Crippen LogP) is 2.70. The van der Waals surface area contributed by atoms with Gasteiger partial charge in [0.25, 0.3) is 5.91 Å². The highest BCUT2D eigenvalue weighted by atomic mass is 32.2. The largest absolute Gasteiger partial charge is 0.485 e. The molecule has 0 aromatic heterocycles. The summed E-state index contributed by atoms with van der Waals surface area (Å²) in [5, 5.41) is 2.94. The van der Waals surface area contributed by atoms with Crippen molar-refractivity contribution in [3.63, 3.8) is 0 Å². The van der Waals surface area contributed by atoms with E-state index in [-0.39, 0.29) is 12.5 Å². The summed E-state index contributed by atoms with van der Waals surface area (Å²) in [5.41, 5.74) is 2.33. The number of nitrogens with zero attached hydrogens (tertiary/aromatic N) is 1. The predicted molar refractivity (Wildman–Crippen MR) is 104 cm³/mol. The molecule has 0 radical (unpaired) electrons. The first kappa shape index (κ1) is 17.1. The van der Waals surface area contributed by atoms with Gasteiger partial charge < -0.3 is 19.7 Å². The van der Waals surface area contributed by atoms with Crippen LogP contribution in [0.5, 0.6) is 11.5 Å². The van der Waals surface area contributed by atoms with Crippen molar-refractivity contribution < 1.29 is 14.3 Å².